The first-order valence-corrected chi connectivity index (χ1v) is 8.92. The van der Waals surface area contributed by atoms with Crippen LogP contribution in [0.1, 0.15) is 5.69 Å². The van der Waals surface area contributed by atoms with Crippen LogP contribution in [0.25, 0.3) is 16.9 Å². The van der Waals surface area contributed by atoms with E-state index in [1.54, 1.807) is 18.6 Å². The monoisotopic (exact) mass is 357 g/mol. The molecule has 0 aliphatic rings. The number of nitrogens with zero attached hydrogens (tertiary/aromatic N) is 4. The van der Waals surface area contributed by atoms with Crippen molar-refractivity contribution in [2.24, 2.45) is 4.99 Å². The third-order valence-corrected chi connectivity index (χ3v) is 4.63. The van der Waals surface area contributed by atoms with E-state index in [0.717, 1.165) is 16.9 Å². The van der Waals surface area contributed by atoms with E-state index in [-0.39, 0.29) is 5.84 Å². The van der Waals surface area contributed by atoms with Gasteiger partial charge in [0.05, 0.1) is 11.9 Å². The average molecular weight is 357 g/mol. The molecular formula is C20H15N5S. The van der Waals surface area contributed by atoms with E-state index >= 15 is 0 Å². The molecule has 1 N–H and O–H groups in total. The second-order valence-electron chi connectivity index (χ2n) is 5.49. The lowest BCUT2D eigenvalue weighted by molar-refractivity contribution is 1.01. The Balaban J connectivity index is 1.90. The maximum absolute atomic E-state index is 8.26. The Morgan fingerprint density at radius 3 is 2.38 bits per heavy atom. The largest absolute Gasteiger partial charge is 0.285 e. The predicted molar refractivity (Wildman–Crippen MR) is 104 cm³/mol. The zero-order valence-electron chi connectivity index (χ0n) is 13.8. The number of para-hydroxylation sites is 1. The van der Waals surface area contributed by atoms with Crippen LogP contribution in [0.2, 0.25) is 0 Å². The zero-order valence-corrected chi connectivity index (χ0v) is 14.6. The molecule has 0 amide bonds. The van der Waals surface area contributed by atoms with Crippen LogP contribution < -0.4 is 4.80 Å². The number of amidine groups is 1. The molecule has 0 radical (unpaired) electrons. The number of benzene rings is 2. The molecule has 5 nitrogen and oxygen atoms in total. The van der Waals surface area contributed by atoms with Crippen LogP contribution in [0.4, 0.5) is 0 Å². The summed E-state index contributed by atoms with van der Waals surface area (Å²) in [6.45, 7) is 0. The molecule has 0 saturated heterocycles. The van der Waals surface area contributed by atoms with Gasteiger partial charge >= 0.3 is 0 Å². The summed E-state index contributed by atoms with van der Waals surface area (Å²) in [5.41, 5.74) is 3.58. The van der Waals surface area contributed by atoms with Gasteiger partial charge in [-0.2, -0.15) is 4.99 Å². The molecule has 2 heterocycles. The molecule has 0 bridgehead atoms. The second-order valence-corrected chi connectivity index (χ2v) is 6.33. The molecule has 0 saturated carbocycles. The predicted octanol–water partition coefficient (Wildman–Crippen LogP) is 3.92. The lowest BCUT2D eigenvalue weighted by Gasteiger charge is -2.09. The van der Waals surface area contributed by atoms with Crippen LogP contribution in [0.3, 0.4) is 0 Å². The third-order valence-electron chi connectivity index (χ3n) is 3.81. The van der Waals surface area contributed by atoms with Crippen LogP contribution in [0.15, 0.2) is 89.6 Å². The molecule has 6 heteroatoms. The Morgan fingerprint density at radius 1 is 0.962 bits per heavy atom. The van der Waals surface area contributed by atoms with E-state index < -0.39 is 0 Å². The second kappa shape index (κ2) is 7.25. The van der Waals surface area contributed by atoms with Crippen molar-refractivity contribution in [1.29, 1.82) is 5.41 Å². The van der Waals surface area contributed by atoms with Gasteiger partial charge in [-0.1, -0.05) is 48.5 Å². The number of aromatic nitrogens is 3. The van der Waals surface area contributed by atoms with Crippen molar-refractivity contribution in [3.05, 3.63) is 95.1 Å². The Morgan fingerprint density at radius 2 is 1.69 bits per heavy atom. The van der Waals surface area contributed by atoms with Gasteiger partial charge in [0.2, 0.25) is 0 Å². The Labute approximate surface area is 154 Å². The molecule has 26 heavy (non-hydrogen) atoms. The van der Waals surface area contributed by atoms with E-state index in [4.69, 9.17) is 5.41 Å². The Hall–Kier alpha value is -3.38. The van der Waals surface area contributed by atoms with Gasteiger partial charge < -0.3 is 0 Å². The molecule has 126 valence electrons. The van der Waals surface area contributed by atoms with Crippen LogP contribution in [-0.4, -0.2) is 20.4 Å². The van der Waals surface area contributed by atoms with Crippen LogP contribution in [0.5, 0.6) is 0 Å². The highest BCUT2D eigenvalue weighted by molar-refractivity contribution is 7.07. The quantitative estimate of drug-likeness (QED) is 0.446. The number of thiazole rings is 1. The first-order chi connectivity index (χ1) is 12.8. The van der Waals surface area contributed by atoms with Crippen LogP contribution >= 0.6 is 11.3 Å². The Bertz CT molecular complexity index is 1080. The fourth-order valence-electron chi connectivity index (χ4n) is 2.60. The number of hydrogen-bond donors (Lipinski definition) is 1. The van der Waals surface area contributed by atoms with Crippen molar-refractivity contribution in [2.75, 3.05) is 0 Å². The Kier molecular flexibility index (Phi) is 4.49. The van der Waals surface area contributed by atoms with Crippen molar-refractivity contribution in [1.82, 2.24) is 14.5 Å². The van der Waals surface area contributed by atoms with Gasteiger partial charge in [0, 0.05) is 23.5 Å². The molecule has 2 aromatic heterocycles. The zero-order chi connectivity index (χ0) is 17.8. The van der Waals surface area contributed by atoms with Crippen LogP contribution in [-0.2, 0) is 0 Å². The smallest absolute Gasteiger partial charge is 0.196 e. The van der Waals surface area contributed by atoms with Gasteiger partial charge in [-0.05, 0) is 17.7 Å². The molecule has 0 spiro atoms. The minimum atomic E-state index is 0.0873. The van der Waals surface area contributed by atoms with Crippen molar-refractivity contribution in [3.63, 3.8) is 0 Å². The minimum Gasteiger partial charge on any atom is -0.285 e. The summed E-state index contributed by atoms with van der Waals surface area (Å²) >= 11 is 1.50. The topological polar surface area (TPSA) is 66.9 Å². The normalized spacial score (nSPS) is 11.5. The number of hydrogen-bond acceptors (Lipinski definition) is 4. The van der Waals surface area contributed by atoms with Gasteiger partial charge in [0.15, 0.2) is 10.6 Å². The van der Waals surface area contributed by atoms with Crippen molar-refractivity contribution < 1.29 is 0 Å². The van der Waals surface area contributed by atoms with Crippen LogP contribution in [0, 0.1) is 5.41 Å². The SMILES string of the molecule is N=C(N=c1scc(-c2ccccc2)n1-c1ccccc1)c1cnccn1. The first kappa shape index (κ1) is 16.1. The highest BCUT2D eigenvalue weighted by atomic mass is 32.1. The van der Waals surface area contributed by atoms with Gasteiger partial charge in [-0.25, -0.2) is 4.98 Å². The lowest BCUT2D eigenvalue weighted by atomic mass is 10.1. The summed E-state index contributed by atoms with van der Waals surface area (Å²) in [6, 6.07) is 20.2. The maximum Gasteiger partial charge on any atom is 0.196 e. The molecule has 0 atom stereocenters. The standard InChI is InChI=1S/C20H15N5S/c21-19(17-13-22-11-12-23-17)24-20-25(16-9-5-2-6-10-16)18(14-26-20)15-7-3-1-4-8-15/h1-14,21H. The maximum atomic E-state index is 8.26. The van der Waals surface area contributed by atoms with Gasteiger partial charge in [-0.15, -0.1) is 11.3 Å². The van der Waals surface area contributed by atoms with E-state index in [0.29, 0.717) is 10.5 Å². The molecule has 0 unspecified atom stereocenters. The summed E-state index contributed by atoms with van der Waals surface area (Å²) in [5.74, 6) is 0.0873. The molecule has 0 aliphatic heterocycles. The molecule has 4 aromatic rings. The summed E-state index contributed by atoms with van der Waals surface area (Å²) in [5, 5.41) is 10.3. The summed E-state index contributed by atoms with van der Waals surface area (Å²) in [7, 11) is 0. The molecular weight excluding hydrogens is 342 g/mol. The summed E-state index contributed by atoms with van der Waals surface area (Å²) < 4.78 is 2.06. The minimum absolute atomic E-state index is 0.0873. The van der Waals surface area contributed by atoms with Gasteiger partial charge in [-0.3, -0.25) is 15.0 Å². The van der Waals surface area contributed by atoms with E-state index in [1.165, 1.54) is 11.3 Å². The highest BCUT2D eigenvalue weighted by Crippen LogP contribution is 2.23. The van der Waals surface area contributed by atoms with E-state index in [1.807, 2.05) is 48.5 Å². The summed E-state index contributed by atoms with van der Waals surface area (Å²) in [4.78, 5) is 13.4. The highest BCUT2D eigenvalue weighted by Gasteiger charge is 2.11. The molecule has 2 aromatic carbocycles. The van der Waals surface area contributed by atoms with Crippen molar-refractivity contribution >= 4 is 17.2 Å². The molecule has 0 fully saturated rings. The van der Waals surface area contributed by atoms with Crippen molar-refractivity contribution in [3.8, 4) is 16.9 Å². The molecule has 0 aliphatic carbocycles. The molecule has 4 rings (SSSR count). The number of rotatable bonds is 3. The van der Waals surface area contributed by atoms with Gasteiger partial charge in [0.25, 0.3) is 0 Å². The number of nitrogens with one attached hydrogen (secondary N) is 1. The van der Waals surface area contributed by atoms with Gasteiger partial charge in [0.1, 0.15) is 5.69 Å². The lowest BCUT2D eigenvalue weighted by Crippen LogP contribution is -2.16. The van der Waals surface area contributed by atoms with E-state index in [9.17, 15) is 0 Å². The average Bonchev–Trinajstić information content (AvgIpc) is 3.13. The summed E-state index contributed by atoms with van der Waals surface area (Å²) in [6.07, 6.45) is 4.69. The third kappa shape index (κ3) is 3.22. The van der Waals surface area contributed by atoms with E-state index in [2.05, 4.69) is 37.0 Å². The first-order valence-electron chi connectivity index (χ1n) is 8.04. The fourth-order valence-corrected chi connectivity index (χ4v) is 3.51. The fraction of sp³-hybridized carbons (Fsp3) is 0. The van der Waals surface area contributed by atoms with Crippen molar-refractivity contribution in [2.45, 2.75) is 0 Å².